The Morgan fingerprint density at radius 2 is 2.28 bits per heavy atom. The molecule has 0 saturated carbocycles. The number of anilines is 1. The molecule has 4 nitrogen and oxygen atoms in total. The summed E-state index contributed by atoms with van der Waals surface area (Å²) >= 11 is 0. The average Bonchev–Trinajstić information content (AvgIpc) is 2.78. The fraction of sp³-hybridized carbons (Fsp3) is 0.500. The second-order valence-electron chi connectivity index (χ2n) is 4.50. The van der Waals surface area contributed by atoms with Crippen molar-refractivity contribution in [2.45, 2.75) is 12.8 Å². The van der Waals surface area contributed by atoms with Gasteiger partial charge < -0.3 is 15.0 Å². The number of rotatable bonds is 6. The number of amides is 1. The molecule has 0 aromatic heterocycles. The van der Waals surface area contributed by atoms with E-state index in [9.17, 15) is 4.79 Å². The van der Waals surface area contributed by atoms with Crippen LogP contribution < -0.4 is 10.2 Å². The monoisotopic (exact) mass is 248 g/mol. The highest BCUT2D eigenvalue weighted by molar-refractivity contribution is 5.77. The fourth-order valence-corrected chi connectivity index (χ4v) is 2.32. The van der Waals surface area contributed by atoms with E-state index in [4.69, 9.17) is 4.74 Å². The second kappa shape index (κ2) is 6.40. The first kappa shape index (κ1) is 12.9. The maximum Gasteiger partial charge on any atom is 0.245 e. The third-order valence-electron chi connectivity index (χ3n) is 3.19. The van der Waals surface area contributed by atoms with Crippen LogP contribution in [0, 0.1) is 0 Å². The van der Waals surface area contributed by atoms with Gasteiger partial charge in [0.15, 0.2) is 0 Å². The molecular weight excluding hydrogens is 228 g/mol. The molecule has 0 bridgehead atoms. The van der Waals surface area contributed by atoms with Crippen LogP contribution in [0.1, 0.15) is 12.0 Å². The van der Waals surface area contributed by atoms with Crippen molar-refractivity contribution < 1.29 is 9.53 Å². The van der Waals surface area contributed by atoms with E-state index >= 15 is 0 Å². The van der Waals surface area contributed by atoms with Gasteiger partial charge in [-0.15, -0.1) is 0 Å². The molecule has 1 amide bonds. The minimum Gasteiger partial charge on any atom is -0.375 e. The molecule has 0 spiro atoms. The molecule has 0 unspecified atom stereocenters. The van der Waals surface area contributed by atoms with Crippen LogP contribution in [0.2, 0.25) is 0 Å². The van der Waals surface area contributed by atoms with Crippen LogP contribution >= 0.6 is 0 Å². The minimum atomic E-state index is -0.0423. The Bertz CT molecular complexity index is 407. The predicted octanol–water partition coefficient (Wildman–Crippen LogP) is 1.20. The number of ether oxygens (including phenoxy) is 1. The third-order valence-corrected chi connectivity index (χ3v) is 3.19. The average molecular weight is 248 g/mol. The molecule has 98 valence electrons. The molecule has 0 fully saturated rings. The van der Waals surface area contributed by atoms with Crippen LogP contribution in [0.4, 0.5) is 5.69 Å². The number of hydrogen-bond acceptors (Lipinski definition) is 3. The maximum atomic E-state index is 11.2. The van der Waals surface area contributed by atoms with Crippen LogP contribution in [0.5, 0.6) is 0 Å². The molecule has 0 radical (unpaired) electrons. The van der Waals surface area contributed by atoms with Crippen LogP contribution in [0.25, 0.3) is 0 Å². The van der Waals surface area contributed by atoms with E-state index in [1.54, 1.807) is 0 Å². The summed E-state index contributed by atoms with van der Waals surface area (Å²) in [5.74, 6) is -0.0423. The van der Waals surface area contributed by atoms with Gasteiger partial charge >= 0.3 is 0 Å². The molecule has 1 N–H and O–H groups in total. The Balaban J connectivity index is 1.71. The number of nitrogens with one attached hydrogen (secondary N) is 1. The summed E-state index contributed by atoms with van der Waals surface area (Å²) in [7, 11) is 1.53. The fourth-order valence-electron chi connectivity index (χ4n) is 2.32. The Morgan fingerprint density at radius 3 is 3.11 bits per heavy atom. The molecule has 1 aromatic carbocycles. The summed E-state index contributed by atoms with van der Waals surface area (Å²) < 4.78 is 4.76. The zero-order valence-electron chi connectivity index (χ0n) is 10.8. The normalized spacial score (nSPS) is 13.5. The number of nitrogens with zero attached hydrogens (tertiary/aromatic N) is 1. The van der Waals surface area contributed by atoms with Gasteiger partial charge in [0.25, 0.3) is 0 Å². The molecule has 0 aliphatic carbocycles. The van der Waals surface area contributed by atoms with Crippen LogP contribution in [0.15, 0.2) is 24.3 Å². The number of carbonyl (C=O) groups excluding carboxylic acids is 1. The molecule has 1 aliphatic rings. The summed E-state index contributed by atoms with van der Waals surface area (Å²) in [6, 6.07) is 8.53. The lowest BCUT2D eigenvalue weighted by Gasteiger charge is -2.19. The Kier molecular flexibility index (Phi) is 4.59. The summed E-state index contributed by atoms with van der Waals surface area (Å²) in [6.07, 6.45) is 2.09. The summed E-state index contributed by atoms with van der Waals surface area (Å²) in [6.45, 7) is 2.93. The van der Waals surface area contributed by atoms with Gasteiger partial charge in [-0.05, 0) is 24.5 Å². The Hall–Kier alpha value is -1.55. The van der Waals surface area contributed by atoms with Crippen molar-refractivity contribution in [2.75, 3.05) is 38.3 Å². The van der Waals surface area contributed by atoms with E-state index in [2.05, 4.69) is 34.5 Å². The SMILES string of the molecule is COCC(=O)NCCCN1CCc2ccccc21. The minimum absolute atomic E-state index is 0.0423. The van der Waals surface area contributed by atoms with E-state index in [-0.39, 0.29) is 12.5 Å². The standard InChI is InChI=1S/C14H20N2O2/c1-18-11-14(17)15-8-4-9-16-10-7-12-5-2-3-6-13(12)16/h2-3,5-6H,4,7-11H2,1H3,(H,15,17). The first-order valence-electron chi connectivity index (χ1n) is 6.40. The molecule has 2 rings (SSSR count). The highest BCUT2D eigenvalue weighted by Gasteiger charge is 2.17. The third kappa shape index (κ3) is 3.23. The number of hydrogen-bond donors (Lipinski definition) is 1. The van der Waals surface area contributed by atoms with Crippen molar-refractivity contribution in [3.8, 4) is 0 Å². The van der Waals surface area contributed by atoms with Gasteiger partial charge in [0.05, 0.1) is 0 Å². The van der Waals surface area contributed by atoms with Gasteiger partial charge in [-0.2, -0.15) is 0 Å². The first-order chi connectivity index (χ1) is 8.81. The van der Waals surface area contributed by atoms with Gasteiger partial charge in [0.1, 0.15) is 6.61 Å². The Morgan fingerprint density at radius 1 is 1.44 bits per heavy atom. The molecule has 1 heterocycles. The summed E-state index contributed by atoms with van der Waals surface area (Å²) in [5.41, 5.74) is 2.78. The number of carbonyl (C=O) groups is 1. The van der Waals surface area contributed by atoms with Crippen molar-refractivity contribution in [1.29, 1.82) is 0 Å². The van der Waals surface area contributed by atoms with Crippen LogP contribution in [-0.4, -0.2) is 39.3 Å². The molecule has 1 aromatic rings. The van der Waals surface area contributed by atoms with E-state index in [1.165, 1.54) is 18.4 Å². The van der Waals surface area contributed by atoms with E-state index < -0.39 is 0 Å². The molecule has 1 aliphatic heterocycles. The lowest BCUT2D eigenvalue weighted by molar-refractivity contribution is -0.124. The second-order valence-corrected chi connectivity index (χ2v) is 4.50. The summed E-state index contributed by atoms with van der Waals surface area (Å²) in [4.78, 5) is 13.6. The van der Waals surface area contributed by atoms with Crippen LogP contribution in [0.3, 0.4) is 0 Å². The number of para-hydroxylation sites is 1. The van der Waals surface area contributed by atoms with Gasteiger partial charge in [-0.25, -0.2) is 0 Å². The topological polar surface area (TPSA) is 41.6 Å². The van der Waals surface area contributed by atoms with Gasteiger partial charge in [-0.1, -0.05) is 18.2 Å². The molecule has 18 heavy (non-hydrogen) atoms. The van der Waals surface area contributed by atoms with E-state index in [0.717, 1.165) is 25.9 Å². The lowest BCUT2D eigenvalue weighted by Crippen LogP contribution is -2.31. The predicted molar refractivity (Wildman–Crippen MR) is 71.9 cm³/mol. The van der Waals surface area contributed by atoms with Crippen molar-refractivity contribution in [1.82, 2.24) is 5.32 Å². The van der Waals surface area contributed by atoms with Crippen molar-refractivity contribution in [3.05, 3.63) is 29.8 Å². The Labute approximate surface area is 108 Å². The van der Waals surface area contributed by atoms with Crippen molar-refractivity contribution in [3.63, 3.8) is 0 Å². The van der Waals surface area contributed by atoms with Gasteiger partial charge in [-0.3, -0.25) is 4.79 Å². The zero-order valence-corrected chi connectivity index (χ0v) is 10.8. The molecule has 0 atom stereocenters. The quantitative estimate of drug-likeness (QED) is 0.769. The molecule has 4 heteroatoms. The number of benzene rings is 1. The zero-order chi connectivity index (χ0) is 12.8. The van der Waals surface area contributed by atoms with Gasteiger partial charge in [0, 0.05) is 32.4 Å². The highest BCUT2D eigenvalue weighted by Crippen LogP contribution is 2.26. The number of fused-ring (bicyclic) bond motifs is 1. The lowest BCUT2D eigenvalue weighted by atomic mass is 10.2. The van der Waals surface area contributed by atoms with Crippen LogP contribution in [-0.2, 0) is 16.0 Å². The van der Waals surface area contributed by atoms with Crippen molar-refractivity contribution in [2.24, 2.45) is 0 Å². The largest absolute Gasteiger partial charge is 0.375 e. The first-order valence-corrected chi connectivity index (χ1v) is 6.40. The van der Waals surface area contributed by atoms with Gasteiger partial charge in [0.2, 0.25) is 5.91 Å². The van der Waals surface area contributed by atoms with Crippen molar-refractivity contribution >= 4 is 11.6 Å². The highest BCUT2D eigenvalue weighted by atomic mass is 16.5. The van der Waals surface area contributed by atoms with E-state index in [1.807, 2.05) is 0 Å². The smallest absolute Gasteiger partial charge is 0.245 e. The molecule has 0 saturated heterocycles. The maximum absolute atomic E-state index is 11.2. The van der Waals surface area contributed by atoms with E-state index in [0.29, 0.717) is 6.54 Å². The number of methoxy groups -OCH3 is 1. The summed E-state index contributed by atoms with van der Waals surface area (Å²) in [5, 5.41) is 2.84. The molecular formula is C14H20N2O2.